The minimum absolute atomic E-state index is 0.772. The Hall–Kier alpha value is -0.410. The van der Waals surface area contributed by atoms with Crippen molar-refractivity contribution in [3.63, 3.8) is 0 Å². The Morgan fingerprint density at radius 1 is 1.62 bits per heavy atom. The first-order chi connectivity index (χ1) is 6.24. The van der Waals surface area contributed by atoms with E-state index in [-0.39, 0.29) is 0 Å². The topological polar surface area (TPSA) is 24.9 Å². The lowest BCUT2D eigenvalue weighted by molar-refractivity contribution is 0.501. The molecule has 0 saturated heterocycles. The summed E-state index contributed by atoms with van der Waals surface area (Å²) in [7, 11) is 0. The van der Waals surface area contributed by atoms with Crippen molar-refractivity contribution in [3.8, 4) is 0 Å². The van der Waals surface area contributed by atoms with Gasteiger partial charge < -0.3 is 5.32 Å². The zero-order valence-electron chi connectivity index (χ0n) is 8.63. The van der Waals surface area contributed by atoms with Crippen LogP contribution in [0, 0.1) is 12.8 Å². The largest absolute Gasteiger partial charge is 0.312 e. The second-order valence-corrected chi connectivity index (χ2v) is 4.44. The summed E-state index contributed by atoms with van der Waals surface area (Å²) in [6, 6.07) is 0. The van der Waals surface area contributed by atoms with Crippen molar-refractivity contribution in [2.75, 3.05) is 6.54 Å². The van der Waals surface area contributed by atoms with Crippen molar-refractivity contribution >= 4 is 11.3 Å². The van der Waals surface area contributed by atoms with Gasteiger partial charge >= 0.3 is 0 Å². The van der Waals surface area contributed by atoms with Crippen LogP contribution in [0.25, 0.3) is 0 Å². The van der Waals surface area contributed by atoms with Crippen molar-refractivity contribution in [2.24, 2.45) is 5.92 Å². The van der Waals surface area contributed by atoms with Crippen LogP contribution in [-0.2, 0) is 6.54 Å². The fraction of sp³-hybridized carbons (Fsp3) is 0.700. The third kappa shape index (κ3) is 3.44. The van der Waals surface area contributed by atoms with Crippen molar-refractivity contribution in [1.29, 1.82) is 0 Å². The van der Waals surface area contributed by atoms with Crippen LogP contribution in [0.3, 0.4) is 0 Å². The number of aromatic nitrogens is 1. The van der Waals surface area contributed by atoms with E-state index in [0.717, 1.165) is 19.0 Å². The van der Waals surface area contributed by atoms with Crippen LogP contribution in [0.1, 0.15) is 30.8 Å². The molecule has 2 nitrogen and oxygen atoms in total. The van der Waals surface area contributed by atoms with Gasteiger partial charge in [0.25, 0.3) is 0 Å². The van der Waals surface area contributed by atoms with Gasteiger partial charge in [0.15, 0.2) is 0 Å². The molecule has 1 unspecified atom stereocenters. The lowest BCUT2D eigenvalue weighted by Crippen LogP contribution is -2.20. The average Bonchev–Trinajstić information content (AvgIpc) is 2.52. The lowest BCUT2D eigenvalue weighted by atomic mass is 10.1. The highest BCUT2D eigenvalue weighted by atomic mass is 32.1. The number of nitrogens with zero attached hydrogens (tertiary/aromatic N) is 1. The highest BCUT2D eigenvalue weighted by Gasteiger charge is 2.01. The first-order valence-corrected chi connectivity index (χ1v) is 5.71. The van der Waals surface area contributed by atoms with Crippen molar-refractivity contribution in [1.82, 2.24) is 10.3 Å². The molecule has 1 atom stereocenters. The molecule has 0 aliphatic carbocycles. The number of nitrogens with one attached hydrogen (secondary N) is 1. The highest BCUT2D eigenvalue weighted by Crippen LogP contribution is 2.11. The van der Waals surface area contributed by atoms with Gasteiger partial charge in [0.1, 0.15) is 0 Å². The molecule has 1 rings (SSSR count). The third-order valence-corrected chi connectivity index (χ3v) is 3.26. The molecular weight excluding hydrogens is 180 g/mol. The Morgan fingerprint density at radius 3 is 2.92 bits per heavy atom. The van der Waals surface area contributed by atoms with Gasteiger partial charge in [0, 0.05) is 11.4 Å². The molecule has 1 N–H and O–H groups in total. The molecule has 3 heteroatoms. The Bertz CT molecular complexity index is 245. The first-order valence-electron chi connectivity index (χ1n) is 4.83. The monoisotopic (exact) mass is 198 g/mol. The summed E-state index contributed by atoms with van der Waals surface area (Å²) in [6.45, 7) is 8.64. The summed E-state index contributed by atoms with van der Waals surface area (Å²) >= 11 is 1.74. The number of rotatable bonds is 5. The summed E-state index contributed by atoms with van der Waals surface area (Å²) in [4.78, 5) is 5.58. The fourth-order valence-corrected chi connectivity index (χ4v) is 1.82. The highest BCUT2D eigenvalue weighted by molar-refractivity contribution is 7.09. The Labute approximate surface area is 84.4 Å². The predicted molar refractivity (Wildman–Crippen MR) is 58.0 cm³/mol. The number of aryl methyl sites for hydroxylation is 1. The molecule has 0 aliphatic rings. The van der Waals surface area contributed by atoms with Crippen molar-refractivity contribution in [2.45, 2.75) is 33.7 Å². The van der Waals surface area contributed by atoms with E-state index in [1.54, 1.807) is 11.3 Å². The summed E-state index contributed by atoms with van der Waals surface area (Å²) in [5, 5.41) is 3.45. The number of hydrogen-bond donors (Lipinski definition) is 1. The Balaban J connectivity index is 2.24. The van der Waals surface area contributed by atoms with Crippen LogP contribution in [0.15, 0.2) is 5.51 Å². The van der Waals surface area contributed by atoms with Crippen LogP contribution < -0.4 is 5.32 Å². The van der Waals surface area contributed by atoms with Crippen LogP contribution in [-0.4, -0.2) is 11.5 Å². The Morgan fingerprint density at radius 2 is 2.38 bits per heavy atom. The van der Waals surface area contributed by atoms with E-state index < -0.39 is 0 Å². The van der Waals surface area contributed by atoms with Gasteiger partial charge in [0.05, 0.1) is 11.2 Å². The summed E-state index contributed by atoms with van der Waals surface area (Å²) in [5.41, 5.74) is 3.08. The third-order valence-electron chi connectivity index (χ3n) is 2.32. The molecule has 1 heterocycles. The lowest BCUT2D eigenvalue weighted by Gasteiger charge is -2.08. The predicted octanol–water partition coefficient (Wildman–Crippen LogP) is 2.59. The van der Waals surface area contributed by atoms with E-state index in [1.807, 2.05) is 5.51 Å². The van der Waals surface area contributed by atoms with E-state index in [9.17, 15) is 0 Å². The van der Waals surface area contributed by atoms with Gasteiger partial charge in [-0.15, -0.1) is 11.3 Å². The van der Waals surface area contributed by atoms with E-state index in [0.29, 0.717) is 0 Å². The van der Waals surface area contributed by atoms with Crippen LogP contribution in [0.2, 0.25) is 0 Å². The Kier molecular flexibility index (Phi) is 4.39. The summed E-state index contributed by atoms with van der Waals surface area (Å²) < 4.78 is 0. The number of hydrogen-bond acceptors (Lipinski definition) is 3. The normalized spacial score (nSPS) is 13.2. The quantitative estimate of drug-likeness (QED) is 0.786. The molecule has 1 aromatic heterocycles. The van der Waals surface area contributed by atoms with Gasteiger partial charge in [-0.2, -0.15) is 0 Å². The first kappa shape index (κ1) is 10.7. The minimum Gasteiger partial charge on any atom is -0.312 e. The molecule has 0 spiro atoms. The van der Waals surface area contributed by atoms with Crippen LogP contribution in [0.5, 0.6) is 0 Å². The van der Waals surface area contributed by atoms with Gasteiger partial charge in [0.2, 0.25) is 0 Å². The molecule has 0 saturated carbocycles. The van der Waals surface area contributed by atoms with E-state index in [2.05, 4.69) is 31.1 Å². The van der Waals surface area contributed by atoms with Gasteiger partial charge in [-0.25, -0.2) is 4.98 Å². The SMILES string of the molecule is CCC(C)CNCc1scnc1C. The number of thiazole rings is 1. The maximum absolute atomic E-state index is 4.21. The fourth-order valence-electron chi connectivity index (χ4n) is 1.07. The van der Waals surface area contributed by atoms with Crippen LogP contribution in [0.4, 0.5) is 0 Å². The van der Waals surface area contributed by atoms with E-state index in [1.165, 1.54) is 17.0 Å². The zero-order chi connectivity index (χ0) is 9.68. The van der Waals surface area contributed by atoms with Gasteiger partial charge in [-0.05, 0) is 19.4 Å². The zero-order valence-corrected chi connectivity index (χ0v) is 9.45. The molecule has 74 valence electrons. The average molecular weight is 198 g/mol. The minimum atomic E-state index is 0.772. The smallest absolute Gasteiger partial charge is 0.0798 e. The molecule has 13 heavy (non-hydrogen) atoms. The van der Waals surface area contributed by atoms with Crippen LogP contribution >= 0.6 is 11.3 Å². The van der Waals surface area contributed by atoms with E-state index in [4.69, 9.17) is 0 Å². The van der Waals surface area contributed by atoms with Crippen molar-refractivity contribution in [3.05, 3.63) is 16.1 Å². The van der Waals surface area contributed by atoms with Crippen molar-refractivity contribution < 1.29 is 0 Å². The van der Waals surface area contributed by atoms with E-state index >= 15 is 0 Å². The van der Waals surface area contributed by atoms with Gasteiger partial charge in [-0.3, -0.25) is 0 Å². The molecule has 0 amide bonds. The molecule has 0 bridgehead atoms. The second-order valence-electron chi connectivity index (χ2n) is 3.51. The standard InChI is InChI=1S/C10H18N2S/c1-4-8(2)5-11-6-10-9(3)12-7-13-10/h7-8,11H,4-6H2,1-3H3. The molecule has 0 aromatic carbocycles. The molecule has 0 aliphatic heterocycles. The summed E-state index contributed by atoms with van der Waals surface area (Å²) in [6.07, 6.45) is 1.24. The van der Waals surface area contributed by atoms with Gasteiger partial charge in [-0.1, -0.05) is 20.3 Å². The molecule has 0 fully saturated rings. The maximum atomic E-state index is 4.21. The summed E-state index contributed by atoms with van der Waals surface area (Å²) in [5.74, 6) is 0.772. The molecule has 0 radical (unpaired) electrons. The molecule has 1 aromatic rings. The maximum Gasteiger partial charge on any atom is 0.0798 e. The second kappa shape index (κ2) is 5.35. The molecular formula is C10H18N2S.